The molecule has 0 saturated heterocycles. The van der Waals surface area contributed by atoms with Crippen molar-refractivity contribution in [3.8, 4) is 56.4 Å². The van der Waals surface area contributed by atoms with E-state index in [1.807, 2.05) is 91.3 Å². The number of aromatic nitrogens is 4. The van der Waals surface area contributed by atoms with Gasteiger partial charge < -0.3 is 0 Å². The van der Waals surface area contributed by atoms with E-state index < -0.39 is 0 Å². The number of fused-ring (bicyclic) bond motifs is 4. The third-order valence-corrected chi connectivity index (χ3v) is 9.72. The van der Waals surface area contributed by atoms with Gasteiger partial charge in [0.2, 0.25) is 0 Å². The molecule has 0 unspecified atom stereocenters. The Hall–Kier alpha value is -7.04. The second-order valence-corrected chi connectivity index (χ2v) is 12.8. The van der Waals surface area contributed by atoms with E-state index in [1.54, 1.807) is 0 Å². The van der Waals surface area contributed by atoms with Crippen LogP contribution in [0.4, 0.5) is 0 Å². The molecule has 0 spiro atoms. The van der Waals surface area contributed by atoms with Crippen LogP contribution >= 0.6 is 0 Å². The van der Waals surface area contributed by atoms with Crippen LogP contribution in [0.15, 0.2) is 171 Å². The largest absolute Gasteiger partial charge is 0.264 e. The number of rotatable bonds is 7. The first-order valence-electron chi connectivity index (χ1n) is 17.3. The summed E-state index contributed by atoms with van der Waals surface area (Å²) >= 11 is 0. The average Bonchev–Trinajstić information content (AvgIpc) is 3.23. The second kappa shape index (κ2) is 13.0. The first-order chi connectivity index (χ1) is 25.7. The molecule has 0 saturated carbocycles. The summed E-state index contributed by atoms with van der Waals surface area (Å²) in [5.41, 5.74) is 9.20. The van der Waals surface area contributed by atoms with E-state index in [2.05, 4.69) is 97.0 Å². The van der Waals surface area contributed by atoms with E-state index in [-0.39, 0.29) is 0 Å². The first kappa shape index (κ1) is 31.0. The maximum absolute atomic E-state index is 5.12. The average molecular weight is 665 g/mol. The zero-order valence-electron chi connectivity index (χ0n) is 28.4. The molecule has 0 atom stereocenters. The topological polar surface area (TPSA) is 51.6 Å². The Balaban J connectivity index is 1.35. The van der Waals surface area contributed by atoms with Crippen molar-refractivity contribution in [2.45, 2.75) is 0 Å². The highest BCUT2D eigenvalue weighted by Crippen LogP contribution is 2.42. The van der Waals surface area contributed by atoms with Crippen molar-refractivity contribution in [2.24, 2.45) is 0 Å². The molecule has 52 heavy (non-hydrogen) atoms. The summed E-state index contributed by atoms with van der Waals surface area (Å²) in [6.45, 7) is 8.40. The zero-order chi connectivity index (χ0) is 35.0. The van der Waals surface area contributed by atoms with Gasteiger partial charge in [-0.15, -0.1) is 0 Å². The van der Waals surface area contributed by atoms with E-state index >= 15 is 0 Å². The van der Waals surface area contributed by atoms with Crippen LogP contribution in [0.5, 0.6) is 0 Å². The molecule has 244 valence electrons. The monoisotopic (exact) mass is 664 g/mol. The minimum atomic E-state index is 0.601. The van der Waals surface area contributed by atoms with Gasteiger partial charge >= 0.3 is 0 Å². The van der Waals surface area contributed by atoms with Gasteiger partial charge in [-0.3, -0.25) is 4.98 Å². The third-order valence-electron chi connectivity index (χ3n) is 9.72. The third kappa shape index (κ3) is 5.44. The molecule has 0 fully saturated rings. The van der Waals surface area contributed by atoms with E-state index in [9.17, 15) is 0 Å². The van der Waals surface area contributed by atoms with Crippen LogP contribution in [-0.2, 0) is 0 Å². The lowest BCUT2D eigenvalue weighted by molar-refractivity contribution is 1.07. The Bertz CT molecular complexity index is 2770. The van der Waals surface area contributed by atoms with E-state index in [0.29, 0.717) is 17.5 Å². The summed E-state index contributed by atoms with van der Waals surface area (Å²) < 4.78 is 0. The molecule has 0 aliphatic carbocycles. The van der Waals surface area contributed by atoms with E-state index in [1.165, 1.54) is 0 Å². The molecule has 9 aromatic rings. The van der Waals surface area contributed by atoms with Gasteiger partial charge in [0, 0.05) is 34.5 Å². The number of hydrogen-bond acceptors (Lipinski definition) is 4. The molecule has 7 aromatic carbocycles. The molecule has 0 radical (unpaired) electrons. The smallest absolute Gasteiger partial charge is 0.164 e. The molecule has 9 rings (SSSR count). The summed E-state index contributed by atoms with van der Waals surface area (Å²) in [5, 5.41) is 6.81. The van der Waals surface area contributed by atoms with Gasteiger partial charge in [0.15, 0.2) is 17.5 Å². The Morgan fingerprint density at radius 3 is 1.67 bits per heavy atom. The van der Waals surface area contributed by atoms with Gasteiger partial charge in [-0.2, -0.15) is 0 Å². The number of nitrogens with zero attached hydrogens (tertiary/aromatic N) is 4. The lowest BCUT2D eigenvalue weighted by atomic mass is 9.86. The normalized spacial score (nSPS) is 11.2. The van der Waals surface area contributed by atoms with Crippen LogP contribution in [0.25, 0.3) is 101 Å². The molecular formula is C48H32N4. The van der Waals surface area contributed by atoms with E-state index in [4.69, 9.17) is 15.0 Å². The lowest BCUT2D eigenvalue weighted by Gasteiger charge is -2.18. The molecule has 4 nitrogen and oxygen atoms in total. The predicted molar refractivity (Wildman–Crippen MR) is 218 cm³/mol. The number of hydrogen-bond donors (Lipinski definition) is 0. The molecule has 4 heteroatoms. The van der Waals surface area contributed by atoms with Crippen LogP contribution in [0.2, 0.25) is 0 Å². The molecule has 2 heterocycles. The molecule has 0 bridgehead atoms. The van der Waals surface area contributed by atoms with Crippen LogP contribution in [0, 0.1) is 0 Å². The lowest BCUT2D eigenvalue weighted by Crippen LogP contribution is -2.00. The van der Waals surface area contributed by atoms with Crippen LogP contribution in [-0.4, -0.2) is 19.9 Å². The van der Waals surface area contributed by atoms with Gasteiger partial charge in [0.1, 0.15) is 0 Å². The van der Waals surface area contributed by atoms with Crippen molar-refractivity contribution in [1.29, 1.82) is 0 Å². The fourth-order valence-corrected chi connectivity index (χ4v) is 7.25. The molecule has 2 aromatic heterocycles. The maximum Gasteiger partial charge on any atom is 0.164 e. The fourth-order valence-electron chi connectivity index (χ4n) is 7.25. The van der Waals surface area contributed by atoms with Gasteiger partial charge in [-0.25, -0.2) is 15.0 Å². The highest BCUT2D eigenvalue weighted by molar-refractivity contribution is 6.19. The molecule has 0 N–H and O–H groups in total. The SMILES string of the molecule is C=Cc1c(C=C)c2cccc(-c3cc(-c4ccc5ccncc5c4)cc(-c4nc(-c5ccccc5)nc(-c5ccccc5)n4)c3)c2c2ccccc12. The Labute approximate surface area is 302 Å². The minimum absolute atomic E-state index is 0.601. The van der Waals surface area contributed by atoms with Gasteiger partial charge in [0.05, 0.1) is 0 Å². The van der Waals surface area contributed by atoms with Crippen molar-refractivity contribution < 1.29 is 0 Å². The Kier molecular flexibility index (Phi) is 7.75. The standard InChI is InChI=1S/C48H32N4/c1-3-39-40(4-2)43-21-13-20-41(45(43)44-19-12-11-18-42(39)44)36-27-35(34-23-22-31-24-25-49-30-38(31)26-34)28-37(29-36)48-51-46(32-14-7-5-8-15-32)50-47(52-48)33-16-9-6-10-17-33/h3-30H,1-2H2. The quantitative estimate of drug-likeness (QED) is 0.159. The van der Waals surface area contributed by atoms with Crippen LogP contribution in [0.1, 0.15) is 11.1 Å². The van der Waals surface area contributed by atoms with Crippen molar-refractivity contribution in [2.75, 3.05) is 0 Å². The van der Waals surface area contributed by atoms with Gasteiger partial charge in [-0.1, -0.05) is 141 Å². The van der Waals surface area contributed by atoms with Crippen molar-refractivity contribution in [1.82, 2.24) is 19.9 Å². The van der Waals surface area contributed by atoms with Crippen LogP contribution in [0.3, 0.4) is 0 Å². The first-order valence-corrected chi connectivity index (χ1v) is 17.3. The minimum Gasteiger partial charge on any atom is -0.264 e. The summed E-state index contributed by atoms with van der Waals surface area (Å²) in [6.07, 6.45) is 7.63. The fraction of sp³-hybridized carbons (Fsp3) is 0. The highest BCUT2D eigenvalue weighted by atomic mass is 15.0. The number of pyridine rings is 1. The second-order valence-electron chi connectivity index (χ2n) is 12.8. The summed E-state index contributed by atoms with van der Waals surface area (Å²) in [6, 6.07) is 50.5. The predicted octanol–water partition coefficient (Wildman–Crippen LogP) is 12.3. The van der Waals surface area contributed by atoms with Crippen molar-refractivity contribution in [3.63, 3.8) is 0 Å². The summed E-state index contributed by atoms with van der Waals surface area (Å²) in [4.78, 5) is 19.6. The molecular weight excluding hydrogens is 633 g/mol. The Morgan fingerprint density at radius 2 is 0.981 bits per heavy atom. The van der Waals surface area contributed by atoms with Gasteiger partial charge in [0.25, 0.3) is 0 Å². The molecule has 0 amide bonds. The van der Waals surface area contributed by atoms with Crippen molar-refractivity contribution in [3.05, 3.63) is 182 Å². The Morgan fingerprint density at radius 1 is 0.404 bits per heavy atom. The summed E-state index contributed by atoms with van der Waals surface area (Å²) in [5.74, 6) is 1.85. The van der Waals surface area contributed by atoms with E-state index in [0.717, 1.165) is 82.4 Å². The number of benzene rings is 7. The molecule has 0 aliphatic rings. The van der Waals surface area contributed by atoms with Gasteiger partial charge in [-0.05, 0) is 90.6 Å². The van der Waals surface area contributed by atoms with Crippen molar-refractivity contribution >= 4 is 44.5 Å². The van der Waals surface area contributed by atoms with Crippen LogP contribution < -0.4 is 0 Å². The highest BCUT2D eigenvalue weighted by Gasteiger charge is 2.18. The zero-order valence-corrected chi connectivity index (χ0v) is 28.4. The summed E-state index contributed by atoms with van der Waals surface area (Å²) in [7, 11) is 0. The maximum atomic E-state index is 5.12. The molecule has 0 aliphatic heterocycles.